The normalized spacial score (nSPS) is 16.1. The summed E-state index contributed by atoms with van der Waals surface area (Å²) in [6.45, 7) is 13.2. The van der Waals surface area contributed by atoms with Gasteiger partial charge >= 0.3 is 5.97 Å². The maximum absolute atomic E-state index is 13.8. The molecule has 2 heterocycles. The molecule has 1 saturated heterocycles. The largest absolute Gasteiger partial charge is 0.465 e. The Kier molecular flexibility index (Phi) is 11.0. The average Bonchev–Trinajstić information content (AvgIpc) is 3.32. The first-order valence-electron chi connectivity index (χ1n) is 12.8. The number of carbonyl (C=O) groups is 2. The van der Waals surface area contributed by atoms with Gasteiger partial charge in [0.15, 0.2) is 8.32 Å². The van der Waals surface area contributed by atoms with Crippen LogP contribution in [0.25, 0.3) is 0 Å². The van der Waals surface area contributed by atoms with Crippen LogP contribution in [-0.2, 0) is 22.0 Å². The predicted molar refractivity (Wildman–Crippen MR) is 160 cm³/mol. The van der Waals surface area contributed by atoms with Crippen molar-refractivity contribution in [2.45, 2.75) is 64.3 Å². The van der Waals surface area contributed by atoms with Gasteiger partial charge in [-0.15, -0.1) is 11.3 Å². The number of thioether (sulfide) groups is 1. The Labute approximate surface area is 243 Å². The van der Waals surface area contributed by atoms with E-state index in [-0.39, 0.29) is 28.2 Å². The van der Waals surface area contributed by atoms with Gasteiger partial charge in [-0.2, -0.15) is 0 Å². The van der Waals surface area contributed by atoms with Crippen LogP contribution < -0.4 is 0 Å². The lowest BCUT2D eigenvalue weighted by Gasteiger charge is -2.41. The molecule has 1 amide bonds. The smallest absolute Gasteiger partial charge is 0.348 e. The molecule has 1 fully saturated rings. The summed E-state index contributed by atoms with van der Waals surface area (Å²) >= 11 is 6.05. The summed E-state index contributed by atoms with van der Waals surface area (Å²) in [7, 11) is -0.683. The van der Waals surface area contributed by atoms with Crippen molar-refractivity contribution in [1.29, 1.82) is 0 Å². The van der Waals surface area contributed by atoms with Crippen molar-refractivity contribution in [3.05, 3.63) is 55.9 Å². The van der Waals surface area contributed by atoms with Gasteiger partial charge in [0, 0.05) is 36.7 Å². The Morgan fingerprint density at radius 3 is 2.61 bits per heavy atom. The number of benzene rings is 1. The van der Waals surface area contributed by atoms with E-state index in [2.05, 4.69) is 54.8 Å². The first-order valence-corrected chi connectivity index (χ1v) is 18.3. The molecule has 11 heteroatoms. The summed E-state index contributed by atoms with van der Waals surface area (Å²) in [6, 6.07) is 8.83. The molecule has 1 aromatic carbocycles. The molecular weight excluding hydrogens is 607 g/mol. The first kappa shape index (κ1) is 31.3. The van der Waals surface area contributed by atoms with Crippen LogP contribution in [0.4, 0.5) is 9.18 Å². The van der Waals surface area contributed by atoms with Crippen LogP contribution in [0, 0.1) is 5.82 Å². The number of thiophene rings is 1. The first-order chi connectivity index (χ1) is 17.8. The second-order valence-electron chi connectivity index (χ2n) is 10.9. The van der Waals surface area contributed by atoms with Gasteiger partial charge in [0.1, 0.15) is 10.7 Å². The fourth-order valence-corrected chi connectivity index (χ4v) is 7.53. The highest BCUT2D eigenvalue weighted by atomic mass is 79.9. The highest BCUT2D eigenvalue weighted by molar-refractivity contribution is 9.10. The minimum atomic E-state index is -2.06. The number of rotatable bonds is 11. The van der Waals surface area contributed by atoms with Gasteiger partial charge in [0.25, 0.3) is 5.24 Å². The summed E-state index contributed by atoms with van der Waals surface area (Å²) in [5.74, 6) is 0.132. The van der Waals surface area contributed by atoms with E-state index in [9.17, 15) is 14.0 Å². The molecule has 38 heavy (non-hydrogen) atoms. The maximum atomic E-state index is 13.8. The topological polar surface area (TPSA) is 59.1 Å². The van der Waals surface area contributed by atoms with E-state index < -0.39 is 8.32 Å². The zero-order chi connectivity index (χ0) is 28.1. The van der Waals surface area contributed by atoms with Gasteiger partial charge in [-0.25, -0.2) is 14.2 Å². The molecule has 0 N–H and O–H groups in total. The number of hydrazine groups is 1. The van der Waals surface area contributed by atoms with E-state index in [0.717, 1.165) is 29.2 Å². The zero-order valence-corrected chi connectivity index (χ0v) is 27.2. The van der Waals surface area contributed by atoms with E-state index >= 15 is 0 Å². The molecule has 1 aliphatic rings. The summed E-state index contributed by atoms with van der Waals surface area (Å²) in [5, 5.41) is 4.08. The number of halogens is 2. The predicted octanol–water partition coefficient (Wildman–Crippen LogP) is 7.39. The zero-order valence-electron chi connectivity index (χ0n) is 23.0. The van der Waals surface area contributed by atoms with Crippen molar-refractivity contribution in [2.24, 2.45) is 0 Å². The average molecular weight is 646 g/mol. The van der Waals surface area contributed by atoms with Crippen molar-refractivity contribution in [1.82, 2.24) is 10.0 Å². The van der Waals surface area contributed by atoms with Gasteiger partial charge in [0.05, 0.1) is 17.7 Å². The van der Waals surface area contributed by atoms with Crippen molar-refractivity contribution in [2.75, 3.05) is 32.5 Å². The molecule has 2 aromatic rings. The van der Waals surface area contributed by atoms with Crippen LogP contribution >= 0.6 is 39.0 Å². The lowest BCUT2D eigenvalue weighted by molar-refractivity contribution is 0.0161. The third-order valence-electron chi connectivity index (χ3n) is 7.17. The van der Waals surface area contributed by atoms with Crippen molar-refractivity contribution >= 4 is 58.6 Å². The molecular formula is C27H38BrFN2O4S2Si. The number of carbonyl (C=O) groups excluding carboxylic acids is 2. The van der Waals surface area contributed by atoms with Gasteiger partial charge in [-0.3, -0.25) is 9.80 Å². The standard InChI is InChI=1S/C27H38BrFN2O4S2Si/c1-27(2,3)38(5,6)35-20(17-19-7-9-23(29)22(28)18-19)11-13-30-15-16-36-26(33)31(30)14-12-21-8-10-24(37-21)25(32)34-4/h7-10,18,20H,11-17H2,1-6H3. The molecule has 3 rings (SSSR count). The van der Waals surface area contributed by atoms with Crippen molar-refractivity contribution in [3.63, 3.8) is 0 Å². The van der Waals surface area contributed by atoms with Crippen LogP contribution in [0.5, 0.6) is 0 Å². The number of hydrogen-bond donors (Lipinski definition) is 0. The maximum Gasteiger partial charge on any atom is 0.348 e. The van der Waals surface area contributed by atoms with Crippen LogP contribution in [0.3, 0.4) is 0 Å². The molecule has 1 atom stereocenters. The SMILES string of the molecule is COC(=O)c1ccc(CCN2C(=O)SCCN2CCC(Cc2ccc(F)c(Br)c2)O[Si](C)(C)C(C)(C)C)s1. The van der Waals surface area contributed by atoms with Crippen molar-refractivity contribution < 1.29 is 23.1 Å². The Balaban J connectivity index is 1.70. The summed E-state index contributed by atoms with van der Waals surface area (Å²) in [5.41, 5.74) is 1.02. The van der Waals surface area contributed by atoms with E-state index in [1.165, 1.54) is 36.3 Å². The fourth-order valence-electron chi connectivity index (χ4n) is 3.97. The number of amides is 1. The van der Waals surface area contributed by atoms with Crippen molar-refractivity contribution in [3.8, 4) is 0 Å². The second kappa shape index (κ2) is 13.4. The van der Waals surface area contributed by atoms with E-state index in [1.807, 2.05) is 23.2 Å². The highest BCUT2D eigenvalue weighted by Gasteiger charge is 2.39. The van der Waals surface area contributed by atoms with Gasteiger partial charge < -0.3 is 9.16 Å². The fraction of sp³-hybridized carbons (Fsp3) is 0.556. The number of esters is 1. The lowest BCUT2D eigenvalue weighted by Crippen LogP contribution is -2.51. The molecule has 6 nitrogen and oxygen atoms in total. The third kappa shape index (κ3) is 8.38. The minimum absolute atomic E-state index is 0.0466. The lowest BCUT2D eigenvalue weighted by atomic mass is 10.1. The van der Waals surface area contributed by atoms with E-state index in [1.54, 1.807) is 6.07 Å². The summed E-state index contributed by atoms with van der Waals surface area (Å²) in [6.07, 6.45) is 2.03. The Bertz CT molecular complexity index is 1120. The number of ether oxygens (including phenoxy) is 1. The molecule has 0 aliphatic carbocycles. The summed E-state index contributed by atoms with van der Waals surface area (Å²) in [4.78, 5) is 26.3. The molecule has 1 unspecified atom stereocenters. The minimum Gasteiger partial charge on any atom is -0.465 e. The monoisotopic (exact) mass is 644 g/mol. The van der Waals surface area contributed by atoms with E-state index in [0.29, 0.717) is 35.3 Å². The van der Waals surface area contributed by atoms with Gasteiger partial charge in [0.2, 0.25) is 0 Å². The molecule has 0 bridgehead atoms. The van der Waals surface area contributed by atoms with Crippen LogP contribution in [0.1, 0.15) is 47.3 Å². The third-order valence-corrected chi connectivity index (χ3v) is 14.3. The van der Waals surface area contributed by atoms with Crippen LogP contribution in [0.2, 0.25) is 18.1 Å². The van der Waals surface area contributed by atoms with E-state index in [4.69, 9.17) is 9.16 Å². The highest BCUT2D eigenvalue weighted by Crippen LogP contribution is 2.38. The molecule has 1 aliphatic heterocycles. The Hall–Kier alpha value is -1.24. The Morgan fingerprint density at radius 1 is 1.21 bits per heavy atom. The molecule has 0 radical (unpaired) electrons. The summed E-state index contributed by atoms with van der Waals surface area (Å²) < 4.78 is 26.0. The van der Waals surface area contributed by atoms with Crippen LogP contribution in [-0.4, -0.2) is 68.1 Å². The van der Waals surface area contributed by atoms with Gasteiger partial charge in [-0.1, -0.05) is 38.6 Å². The molecule has 1 aromatic heterocycles. The van der Waals surface area contributed by atoms with Gasteiger partial charge in [-0.05, 0) is 76.7 Å². The quantitative estimate of drug-likeness (QED) is 0.188. The number of nitrogens with zero attached hydrogens (tertiary/aromatic N) is 2. The van der Waals surface area contributed by atoms with Crippen LogP contribution in [0.15, 0.2) is 34.8 Å². The molecule has 210 valence electrons. The number of methoxy groups -OCH3 is 1. The second-order valence-corrected chi connectivity index (χ2v) is 18.8. The molecule has 0 saturated carbocycles. The molecule has 0 spiro atoms. The number of hydrogen-bond acceptors (Lipinski definition) is 7. The Morgan fingerprint density at radius 2 is 1.95 bits per heavy atom.